The number of fused-ring (bicyclic) bond motifs is 1. The van der Waals surface area contributed by atoms with E-state index in [1.54, 1.807) is 29.7 Å². The SMILES string of the molecule is Cn1c(=NN=Cc2cccc(F)c2)sc2ccccc21. The Bertz CT molecular complexity index is 845. The van der Waals surface area contributed by atoms with Crippen LogP contribution in [0.5, 0.6) is 0 Å². The Balaban J connectivity index is 1.97. The standard InChI is InChI=1S/C15H12FN3S/c1-19-13-7-2-3-8-14(13)20-15(19)18-17-10-11-5-4-6-12(16)9-11/h2-10H,1H3. The van der Waals surface area contributed by atoms with Crippen molar-refractivity contribution < 1.29 is 4.39 Å². The first-order valence-corrected chi connectivity index (χ1v) is 6.93. The lowest BCUT2D eigenvalue weighted by Crippen LogP contribution is -2.08. The molecule has 3 rings (SSSR count). The minimum absolute atomic E-state index is 0.277. The van der Waals surface area contributed by atoms with Crippen LogP contribution in [-0.2, 0) is 7.05 Å². The second kappa shape index (κ2) is 5.38. The number of thiazole rings is 1. The minimum Gasteiger partial charge on any atom is -0.318 e. The zero-order chi connectivity index (χ0) is 13.9. The van der Waals surface area contributed by atoms with E-state index in [0.29, 0.717) is 5.56 Å². The van der Waals surface area contributed by atoms with E-state index in [1.807, 2.05) is 29.8 Å². The molecule has 3 aromatic rings. The summed E-state index contributed by atoms with van der Waals surface area (Å²) in [4.78, 5) is 0.804. The Kier molecular flexibility index (Phi) is 3.43. The Hall–Kier alpha value is -2.27. The van der Waals surface area contributed by atoms with Crippen molar-refractivity contribution in [2.24, 2.45) is 17.3 Å². The smallest absolute Gasteiger partial charge is 0.211 e. The normalized spacial score (nSPS) is 12.6. The monoisotopic (exact) mass is 285 g/mol. The van der Waals surface area contributed by atoms with Gasteiger partial charge < -0.3 is 4.57 Å². The van der Waals surface area contributed by atoms with Crippen LogP contribution in [-0.4, -0.2) is 10.8 Å². The molecule has 0 bridgehead atoms. The first-order valence-electron chi connectivity index (χ1n) is 6.11. The van der Waals surface area contributed by atoms with Crippen molar-refractivity contribution in [3.63, 3.8) is 0 Å². The molecule has 0 spiro atoms. The molecule has 0 fully saturated rings. The average Bonchev–Trinajstić information content (AvgIpc) is 2.76. The topological polar surface area (TPSA) is 29.6 Å². The van der Waals surface area contributed by atoms with Gasteiger partial charge in [0.05, 0.1) is 16.4 Å². The summed E-state index contributed by atoms with van der Waals surface area (Å²) in [6.07, 6.45) is 1.55. The van der Waals surface area contributed by atoms with Crippen LogP contribution in [0.4, 0.5) is 4.39 Å². The maximum Gasteiger partial charge on any atom is 0.211 e. The molecule has 0 aliphatic rings. The molecule has 1 aromatic heterocycles. The summed E-state index contributed by atoms with van der Waals surface area (Å²) in [5.74, 6) is -0.277. The molecule has 0 saturated heterocycles. The fourth-order valence-corrected chi connectivity index (χ4v) is 2.89. The van der Waals surface area contributed by atoms with E-state index in [4.69, 9.17) is 0 Å². The molecule has 20 heavy (non-hydrogen) atoms. The number of aromatic nitrogens is 1. The van der Waals surface area contributed by atoms with Gasteiger partial charge in [0.2, 0.25) is 4.80 Å². The fraction of sp³-hybridized carbons (Fsp3) is 0.0667. The molecule has 0 aliphatic carbocycles. The molecule has 2 aromatic carbocycles. The highest BCUT2D eigenvalue weighted by atomic mass is 32.1. The van der Waals surface area contributed by atoms with Crippen LogP contribution in [0.1, 0.15) is 5.56 Å². The Labute approximate surface area is 119 Å². The summed E-state index contributed by atoms with van der Waals surface area (Å²) in [6.45, 7) is 0. The third-order valence-electron chi connectivity index (χ3n) is 2.91. The van der Waals surface area contributed by atoms with E-state index in [2.05, 4.69) is 16.3 Å². The highest BCUT2D eigenvalue weighted by Crippen LogP contribution is 2.15. The van der Waals surface area contributed by atoms with Crippen LogP contribution in [0, 0.1) is 5.82 Å². The van der Waals surface area contributed by atoms with Gasteiger partial charge in [-0.15, -0.1) is 5.10 Å². The number of para-hydroxylation sites is 1. The number of aryl methyl sites for hydroxylation is 1. The summed E-state index contributed by atoms with van der Waals surface area (Å²) in [5.41, 5.74) is 1.81. The summed E-state index contributed by atoms with van der Waals surface area (Å²) >= 11 is 1.57. The Morgan fingerprint density at radius 2 is 2.00 bits per heavy atom. The number of benzene rings is 2. The quantitative estimate of drug-likeness (QED) is 0.511. The average molecular weight is 285 g/mol. The number of hydrogen-bond acceptors (Lipinski definition) is 3. The first-order chi connectivity index (χ1) is 9.74. The minimum atomic E-state index is -0.277. The van der Waals surface area contributed by atoms with Gasteiger partial charge in [0.15, 0.2) is 0 Å². The maximum atomic E-state index is 13.0. The van der Waals surface area contributed by atoms with E-state index in [1.165, 1.54) is 12.1 Å². The van der Waals surface area contributed by atoms with Crippen molar-refractivity contribution in [3.05, 3.63) is 64.7 Å². The lowest BCUT2D eigenvalue weighted by atomic mass is 10.2. The number of rotatable bonds is 2. The lowest BCUT2D eigenvalue weighted by molar-refractivity contribution is 0.627. The zero-order valence-corrected chi connectivity index (χ0v) is 11.6. The van der Waals surface area contributed by atoms with Crippen molar-refractivity contribution in [2.45, 2.75) is 0 Å². The van der Waals surface area contributed by atoms with Crippen LogP contribution >= 0.6 is 11.3 Å². The van der Waals surface area contributed by atoms with Gasteiger partial charge >= 0.3 is 0 Å². The molecule has 0 saturated carbocycles. The van der Waals surface area contributed by atoms with E-state index in [-0.39, 0.29) is 5.82 Å². The van der Waals surface area contributed by atoms with Gasteiger partial charge in [0.25, 0.3) is 0 Å². The highest BCUT2D eigenvalue weighted by molar-refractivity contribution is 7.16. The maximum absolute atomic E-state index is 13.0. The first kappa shape index (κ1) is 12.7. The van der Waals surface area contributed by atoms with Crippen LogP contribution in [0.15, 0.2) is 58.7 Å². The third kappa shape index (κ3) is 2.53. The van der Waals surface area contributed by atoms with Crippen molar-refractivity contribution in [1.29, 1.82) is 0 Å². The number of hydrogen-bond donors (Lipinski definition) is 0. The van der Waals surface area contributed by atoms with Gasteiger partial charge in [-0.3, -0.25) is 0 Å². The highest BCUT2D eigenvalue weighted by Gasteiger charge is 2.00. The van der Waals surface area contributed by atoms with Crippen molar-refractivity contribution >= 4 is 27.8 Å². The van der Waals surface area contributed by atoms with E-state index in [9.17, 15) is 4.39 Å². The molecule has 0 amide bonds. The second-order valence-electron chi connectivity index (χ2n) is 4.31. The molecule has 0 aliphatic heterocycles. The molecule has 0 N–H and O–H groups in total. The number of nitrogens with zero attached hydrogens (tertiary/aromatic N) is 3. The van der Waals surface area contributed by atoms with E-state index in [0.717, 1.165) is 15.0 Å². The Morgan fingerprint density at radius 3 is 2.80 bits per heavy atom. The van der Waals surface area contributed by atoms with Gasteiger partial charge in [0.1, 0.15) is 5.82 Å². The van der Waals surface area contributed by atoms with Crippen LogP contribution in [0.2, 0.25) is 0 Å². The van der Waals surface area contributed by atoms with Gasteiger partial charge in [-0.1, -0.05) is 35.6 Å². The predicted octanol–water partition coefficient (Wildman–Crippen LogP) is 3.31. The van der Waals surface area contributed by atoms with E-state index < -0.39 is 0 Å². The molecule has 0 radical (unpaired) electrons. The van der Waals surface area contributed by atoms with Crippen LogP contribution in [0.3, 0.4) is 0 Å². The van der Waals surface area contributed by atoms with Gasteiger partial charge in [0, 0.05) is 7.05 Å². The third-order valence-corrected chi connectivity index (χ3v) is 4.02. The van der Waals surface area contributed by atoms with Gasteiger partial charge in [-0.2, -0.15) is 5.10 Å². The summed E-state index contributed by atoms with van der Waals surface area (Å²) < 4.78 is 16.2. The molecule has 100 valence electrons. The molecule has 3 nitrogen and oxygen atoms in total. The van der Waals surface area contributed by atoms with Gasteiger partial charge in [-0.05, 0) is 29.8 Å². The van der Waals surface area contributed by atoms with Crippen LogP contribution < -0.4 is 4.80 Å². The summed E-state index contributed by atoms with van der Waals surface area (Å²) in [5, 5.41) is 8.23. The molecule has 0 unspecified atom stereocenters. The molecule has 5 heteroatoms. The second-order valence-corrected chi connectivity index (χ2v) is 5.32. The van der Waals surface area contributed by atoms with Crippen molar-refractivity contribution in [1.82, 2.24) is 4.57 Å². The van der Waals surface area contributed by atoms with E-state index >= 15 is 0 Å². The van der Waals surface area contributed by atoms with Crippen molar-refractivity contribution in [2.75, 3.05) is 0 Å². The lowest BCUT2D eigenvalue weighted by Gasteiger charge is -1.92. The van der Waals surface area contributed by atoms with Gasteiger partial charge in [-0.25, -0.2) is 4.39 Å². The summed E-state index contributed by atoms with van der Waals surface area (Å²) in [6, 6.07) is 14.3. The largest absolute Gasteiger partial charge is 0.318 e. The van der Waals surface area contributed by atoms with Crippen molar-refractivity contribution in [3.8, 4) is 0 Å². The molecular weight excluding hydrogens is 273 g/mol. The molecule has 0 atom stereocenters. The zero-order valence-electron chi connectivity index (χ0n) is 10.8. The Morgan fingerprint density at radius 1 is 1.15 bits per heavy atom. The molecular formula is C15H12FN3S. The summed E-state index contributed by atoms with van der Waals surface area (Å²) in [7, 11) is 1.95. The molecule has 1 heterocycles. The number of halogens is 1. The predicted molar refractivity (Wildman–Crippen MR) is 80.4 cm³/mol. The van der Waals surface area contributed by atoms with Crippen LogP contribution in [0.25, 0.3) is 10.2 Å². The fourth-order valence-electron chi connectivity index (χ4n) is 1.91.